The van der Waals surface area contributed by atoms with Gasteiger partial charge in [0.05, 0.1) is 18.5 Å². The number of aryl methyl sites for hydroxylation is 1. The second-order valence-corrected chi connectivity index (χ2v) is 4.93. The number of hydrogen-bond acceptors (Lipinski definition) is 3. The Morgan fingerprint density at radius 3 is 2.52 bits per heavy atom. The van der Waals surface area contributed by atoms with Crippen molar-refractivity contribution in [1.29, 1.82) is 0 Å². The molecule has 0 spiro atoms. The van der Waals surface area contributed by atoms with Gasteiger partial charge in [0.15, 0.2) is 0 Å². The Balaban J connectivity index is 2.03. The van der Waals surface area contributed by atoms with E-state index in [-0.39, 0.29) is 0 Å². The zero-order chi connectivity index (χ0) is 14.8. The minimum absolute atomic E-state index is 0.596. The summed E-state index contributed by atoms with van der Waals surface area (Å²) in [6, 6.07) is 17.8. The van der Waals surface area contributed by atoms with Gasteiger partial charge in [0, 0.05) is 17.7 Å². The minimum Gasteiger partial charge on any atom is -0.497 e. The first-order chi connectivity index (χ1) is 10.2. The predicted octanol–water partition coefficient (Wildman–Crippen LogP) is 3.44. The second-order valence-electron chi connectivity index (χ2n) is 4.93. The van der Waals surface area contributed by atoms with E-state index < -0.39 is 0 Å². The van der Waals surface area contributed by atoms with E-state index in [0.29, 0.717) is 5.82 Å². The van der Waals surface area contributed by atoms with Gasteiger partial charge in [-0.25, -0.2) is 4.68 Å². The number of nitrogens with two attached hydrogens (primary N) is 1. The van der Waals surface area contributed by atoms with Gasteiger partial charge in [0.25, 0.3) is 0 Å². The molecule has 0 amide bonds. The van der Waals surface area contributed by atoms with Crippen molar-refractivity contribution in [3.8, 4) is 22.7 Å². The predicted molar refractivity (Wildman–Crippen MR) is 84.7 cm³/mol. The first-order valence-corrected chi connectivity index (χ1v) is 6.74. The van der Waals surface area contributed by atoms with Gasteiger partial charge in [-0.3, -0.25) is 0 Å². The van der Waals surface area contributed by atoms with Crippen LogP contribution in [0.4, 0.5) is 5.82 Å². The summed E-state index contributed by atoms with van der Waals surface area (Å²) in [5.74, 6) is 1.37. The second kappa shape index (κ2) is 5.32. The first-order valence-electron chi connectivity index (χ1n) is 6.74. The molecule has 1 heterocycles. The molecular formula is C17H17N3O. The highest BCUT2D eigenvalue weighted by Gasteiger charge is 2.09. The number of ether oxygens (including phenoxy) is 1. The molecule has 0 aliphatic heterocycles. The summed E-state index contributed by atoms with van der Waals surface area (Å²) in [6.45, 7) is 2.06. The quantitative estimate of drug-likeness (QED) is 0.799. The van der Waals surface area contributed by atoms with E-state index in [1.54, 1.807) is 11.8 Å². The summed E-state index contributed by atoms with van der Waals surface area (Å²) in [7, 11) is 1.64. The fourth-order valence-corrected chi connectivity index (χ4v) is 2.21. The Bertz CT molecular complexity index is 760. The highest BCUT2D eigenvalue weighted by Crippen LogP contribution is 2.24. The van der Waals surface area contributed by atoms with Crippen molar-refractivity contribution in [2.45, 2.75) is 6.92 Å². The maximum Gasteiger partial charge on any atom is 0.127 e. The number of methoxy groups -OCH3 is 1. The molecule has 0 fully saturated rings. The number of rotatable bonds is 3. The van der Waals surface area contributed by atoms with Gasteiger partial charge in [-0.2, -0.15) is 5.10 Å². The summed E-state index contributed by atoms with van der Waals surface area (Å²) in [5.41, 5.74) is 10.1. The topological polar surface area (TPSA) is 53.1 Å². The molecule has 0 saturated heterocycles. The maximum absolute atomic E-state index is 6.09. The van der Waals surface area contributed by atoms with Crippen LogP contribution in [-0.2, 0) is 0 Å². The van der Waals surface area contributed by atoms with E-state index in [4.69, 9.17) is 10.5 Å². The molecule has 4 nitrogen and oxygen atoms in total. The van der Waals surface area contributed by atoms with E-state index in [2.05, 4.69) is 24.2 Å². The minimum atomic E-state index is 0.596. The van der Waals surface area contributed by atoms with Gasteiger partial charge >= 0.3 is 0 Å². The first kappa shape index (κ1) is 13.2. The van der Waals surface area contributed by atoms with Crippen LogP contribution >= 0.6 is 0 Å². The normalized spacial score (nSPS) is 10.6. The van der Waals surface area contributed by atoms with Crippen LogP contribution in [0.2, 0.25) is 0 Å². The molecule has 2 aromatic carbocycles. The molecule has 0 unspecified atom stereocenters. The summed E-state index contributed by atoms with van der Waals surface area (Å²) in [5, 5.41) is 4.59. The fraction of sp³-hybridized carbons (Fsp3) is 0.118. The highest BCUT2D eigenvalue weighted by atomic mass is 16.5. The van der Waals surface area contributed by atoms with E-state index >= 15 is 0 Å². The van der Waals surface area contributed by atoms with Gasteiger partial charge in [-0.15, -0.1) is 0 Å². The average Bonchev–Trinajstić information content (AvgIpc) is 2.90. The van der Waals surface area contributed by atoms with Gasteiger partial charge in [0.1, 0.15) is 11.6 Å². The molecular weight excluding hydrogens is 262 g/mol. The number of nitrogen functional groups attached to an aromatic ring is 1. The summed E-state index contributed by atoms with van der Waals surface area (Å²) < 4.78 is 6.96. The summed E-state index contributed by atoms with van der Waals surface area (Å²) >= 11 is 0. The SMILES string of the molecule is COc1cccc(-n2nc(-c3ccc(C)cc3)cc2N)c1. The molecule has 0 radical (unpaired) electrons. The van der Waals surface area contributed by atoms with Crippen molar-refractivity contribution in [2.75, 3.05) is 12.8 Å². The van der Waals surface area contributed by atoms with Gasteiger partial charge in [-0.1, -0.05) is 35.9 Å². The largest absolute Gasteiger partial charge is 0.497 e. The van der Waals surface area contributed by atoms with Crippen molar-refractivity contribution in [1.82, 2.24) is 9.78 Å². The number of benzene rings is 2. The lowest BCUT2D eigenvalue weighted by Gasteiger charge is -2.06. The van der Waals surface area contributed by atoms with Crippen LogP contribution in [0.1, 0.15) is 5.56 Å². The maximum atomic E-state index is 6.09. The summed E-state index contributed by atoms with van der Waals surface area (Å²) in [4.78, 5) is 0. The van der Waals surface area contributed by atoms with Gasteiger partial charge in [0.2, 0.25) is 0 Å². The molecule has 1 aromatic heterocycles. The lowest BCUT2D eigenvalue weighted by atomic mass is 10.1. The van der Waals surface area contributed by atoms with Crippen LogP contribution in [0.25, 0.3) is 16.9 Å². The van der Waals surface area contributed by atoms with Gasteiger partial charge < -0.3 is 10.5 Å². The van der Waals surface area contributed by atoms with Gasteiger partial charge in [-0.05, 0) is 19.1 Å². The monoisotopic (exact) mass is 279 g/mol. The molecule has 3 rings (SSSR count). The molecule has 0 atom stereocenters. The molecule has 4 heteroatoms. The third kappa shape index (κ3) is 2.60. The van der Waals surface area contributed by atoms with E-state index in [9.17, 15) is 0 Å². The molecule has 0 bridgehead atoms. The lowest BCUT2D eigenvalue weighted by Crippen LogP contribution is -2.01. The van der Waals surface area contributed by atoms with E-state index in [0.717, 1.165) is 22.7 Å². The van der Waals surface area contributed by atoms with Crippen LogP contribution < -0.4 is 10.5 Å². The Labute approximate surface area is 123 Å². The molecule has 0 aliphatic rings. The smallest absolute Gasteiger partial charge is 0.127 e. The van der Waals surface area contributed by atoms with E-state index in [1.807, 2.05) is 42.5 Å². The van der Waals surface area contributed by atoms with E-state index in [1.165, 1.54) is 5.56 Å². The Hall–Kier alpha value is -2.75. The van der Waals surface area contributed by atoms with Crippen molar-refractivity contribution in [3.63, 3.8) is 0 Å². The van der Waals surface area contributed by atoms with Crippen LogP contribution in [0.5, 0.6) is 5.75 Å². The Kier molecular flexibility index (Phi) is 3.36. The number of hydrogen-bond donors (Lipinski definition) is 1. The molecule has 3 aromatic rings. The van der Waals surface area contributed by atoms with Crippen LogP contribution in [0.15, 0.2) is 54.6 Å². The Morgan fingerprint density at radius 1 is 1.05 bits per heavy atom. The molecule has 21 heavy (non-hydrogen) atoms. The zero-order valence-electron chi connectivity index (χ0n) is 12.1. The molecule has 2 N–H and O–H groups in total. The molecule has 0 saturated carbocycles. The van der Waals surface area contributed by atoms with Crippen molar-refractivity contribution < 1.29 is 4.74 Å². The van der Waals surface area contributed by atoms with Crippen molar-refractivity contribution >= 4 is 5.82 Å². The number of nitrogens with zero attached hydrogens (tertiary/aromatic N) is 2. The number of anilines is 1. The van der Waals surface area contributed by atoms with Crippen molar-refractivity contribution in [2.24, 2.45) is 0 Å². The molecule has 106 valence electrons. The number of aromatic nitrogens is 2. The lowest BCUT2D eigenvalue weighted by molar-refractivity contribution is 0.414. The fourth-order valence-electron chi connectivity index (χ4n) is 2.21. The van der Waals surface area contributed by atoms with Crippen LogP contribution in [-0.4, -0.2) is 16.9 Å². The Morgan fingerprint density at radius 2 is 1.81 bits per heavy atom. The third-order valence-electron chi connectivity index (χ3n) is 3.38. The average molecular weight is 279 g/mol. The highest BCUT2D eigenvalue weighted by molar-refractivity contribution is 5.64. The summed E-state index contributed by atoms with van der Waals surface area (Å²) in [6.07, 6.45) is 0. The van der Waals surface area contributed by atoms with Crippen LogP contribution in [0.3, 0.4) is 0 Å². The standard InChI is InChI=1S/C17H17N3O/c1-12-6-8-13(9-7-12)16-11-17(18)20(19-16)14-4-3-5-15(10-14)21-2/h3-11H,18H2,1-2H3. The third-order valence-corrected chi connectivity index (χ3v) is 3.38. The zero-order valence-corrected chi connectivity index (χ0v) is 12.1. The van der Waals surface area contributed by atoms with Crippen molar-refractivity contribution in [3.05, 3.63) is 60.2 Å². The van der Waals surface area contributed by atoms with Crippen LogP contribution in [0, 0.1) is 6.92 Å². The molecule has 0 aliphatic carbocycles.